The van der Waals surface area contributed by atoms with Crippen LogP contribution in [0.4, 0.5) is 0 Å². The molecule has 23 heavy (non-hydrogen) atoms. The smallest absolute Gasteiger partial charge is 0.278 e. The summed E-state index contributed by atoms with van der Waals surface area (Å²) in [5, 5.41) is 57.0. The first kappa shape index (κ1) is 19.3. The first-order valence-electron chi connectivity index (χ1n) is 6.34. The van der Waals surface area contributed by atoms with Gasteiger partial charge in [0.05, 0.1) is 15.3 Å². The fourth-order valence-electron chi connectivity index (χ4n) is 1.65. The number of aliphatic hydroxyl groups excluding tert-OH is 1. The van der Waals surface area contributed by atoms with Gasteiger partial charge in [-0.2, -0.15) is 0 Å². The molecule has 0 aliphatic carbocycles. The van der Waals surface area contributed by atoms with Gasteiger partial charge in [-0.1, -0.05) is 22.8 Å². The first-order valence-corrected chi connectivity index (χ1v) is 9.59. The quantitative estimate of drug-likeness (QED) is 0.221. The van der Waals surface area contributed by atoms with Crippen molar-refractivity contribution in [2.75, 3.05) is 0 Å². The summed E-state index contributed by atoms with van der Waals surface area (Å²) in [6, 6.07) is 8.61. The van der Waals surface area contributed by atoms with Gasteiger partial charge in [0.1, 0.15) is 11.9 Å². The minimum atomic E-state index is -3.23. The fraction of sp³-hybridized carbons (Fsp3) is 0.400. The van der Waals surface area contributed by atoms with Crippen LogP contribution in [0.5, 0.6) is 5.75 Å². The van der Waals surface area contributed by atoms with Crippen LogP contribution in [-0.4, -0.2) is 52.8 Å². The number of para-hydroxylation sites is 1. The Morgan fingerprint density at radius 3 is 2.43 bits per heavy atom. The van der Waals surface area contributed by atoms with Crippen molar-refractivity contribution in [3.63, 3.8) is 0 Å². The van der Waals surface area contributed by atoms with Gasteiger partial charge >= 0.3 is 0 Å². The molecule has 1 aromatic rings. The molecule has 0 spiro atoms. The van der Waals surface area contributed by atoms with Crippen molar-refractivity contribution >= 4 is 26.0 Å². The number of aliphatic hydroxyl groups is 6. The minimum Gasteiger partial charge on any atom is -0.396 e. The van der Waals surface area contributed by atoms with E-state index in [1.807, 2.05) is 0 Å². The van der Waals surface area contributed by atoms with Crippen molar-refractivity contribution in [1.82, 2.24) is 14.3 Å². The summed E-state index contributed by atoms with van der Waals surface area (Å²) in [5.41, 5.74) is -2.76. The molecule has 1 saturated heterocycles. The molecule has 1 aromatic carbocycles. The third kappa shape index (κ3) is 5.47. The molecule has 0 radical (unpaired) electrons. The largest absolute Gasteiger partial charge is 0.396 e. The lowest BCUT2D eigenvalue weighted by atomic mass is 10.2. The normalized spacial score (nSPS) is 24.0. The van der Waals surface area contributed by atoms with E-state index in [-0.39, 0.29) is 17.8 Å². The molecule has 1 heterocycles. The molecule has 0 aromatic heterocycles. The second-order valence-corrected chi connectivity index (χ2v) is 9.44. The van der Waals surface area contributed by atoms with Gasteiger partial charge in [-0.15, -0.1) is 0 Å². The van der Waals surface area contributed by atoms with Gasteiger partial charge in [-0.25, -0.2) is 4.86 Å². The average Bonchev–Trinajstić information content (AvgIpc) is 2.47. The Hall–Kier alpha value is -0.0500. The van der Waals surface area contributed by atoms with Crippen LogP contribution >= 0.6 is 26.0 Å². The second-order valence-electron chi connectivity index (χ2n) is 4.64. The lowest BCUT2D eigenvalue weighted by Gasteiger charge is -2.42. The molecule has 4 unspecified atom stereocenters. The van der Waals surface area contributed by atoms with E-state index in [1.54, 1.807) is 30.3 Å². The Kier molecular flexibility index (Phi) is 6.61. The van der Waals surface area contributed by atoms with Crippen molar-refractivity contribution < 1.29 is 35.5 Å². The Balaban J connectivity index is 2.12. The maximum Gasteiger partial charge on any atom is 0.278 e. The first-order chi connectivity index (χ1) is 10.7. The minimum absolute atomic E-state index is 0.0161. The number of benzene rings is 1. The van der Waals surface area contributed by atoms with Gasteiger partial charge in [0, 0.05) is 8.88 Å². The van der Waals surface area contributed by atoms with Crippen LogP contribution in [0.3, 0.4) is 0 Å². The molecule has 2 rings (SSSR count). The summed E-state index contributed by atoms with van der Waals surface area (Å²) < 4.78 is 1.23. The Bertz CT molecular complexity index is 504. The molecule has 1 aliphatic heterocycles. The highest BCUT2D eigenvalue weighted by Crippen LogP contribution is 2.58. The van der Waals surface area contributed by atoms with Crippen LogP contribution in [0.2, 0.25) is 0 Å². The molecule has 0 bridgehead atoms. The van der Waals surface area contributed by atoms with Crippen molar-refractivity contribution in [2.45, 2.75) is 24.0 Å². The predicted octanol–water partition coefficient (Wildman–Crippen LogP) is -1.18. The zero-order valence-electron chi connectivity index (χ0n) is 11.7. The van der Waals surface area contributed by atoms with E-state index in [2.05, 4.69) is 9.72 Å². The number of nitrogens with zero attached hydrogens (tertiary/aromatic N) is 1. The van der Waals surface area contributed by atoms with Crippen molar-refractivity contribution in [3.8, 4) is 5.75 Å². The van der Waals surface area contributed by atoms with E-state index in [1.165, 1.54) is 4.60 Å². The zero-order chi connectivity index (χ0) is 17.1. The second kappa shape index (κ2) is 7.89. The van der Waals surface area contributed by atoms with Gasteiger partial charge in [0.25, 0.3) is 5.97 Å². The maximum atomic E-state index is 10.2. The fourth-order valence-corrected chi connectivity index (χ4v) is 7.14. The number of rotatable bonds is 6. The third-order valence-corrected chi connectivity index (χ3v) is 7.51. The Morgan fingerprint density at radius 1 is 1.17 bits per heavy atom. The highest BCUT2D eigenvalue weighted by molar-refractivity contribution is 7.73. The summed E-state index contributed by atoms with van der Waals surface area (Å²) in [6.07, 6.45) is -3.10. The van der Waals surface area contributed by atoms with E-state index < -0.39 is 32.2 Å². The van der Waals surface area contributed by atoms with Gasteiger partial charge in [-0.3, -0.25) is 4.86 Å². The van der Waals surface area contributed by atoms with Crippen molar-refractivity contribution in [1.29, 1.82) is 0 Å². The SMILES string of the molecule is OC(CC(O)(O)O)C(O)(O)P1NPNPN1Oc1ccccc1. The Morgan fingerprint density at radius 2 is 1.83 bits per heavy atom. The lowest BCUT2D eigenvalue weighted by molar-refractivity contribution is -0.333. The van der Waals surface area contributed by atoms with Gasteiger partial charge in [-0.05, 0) is 12.1 Å². The molecule has 8 N–H and O–H groups in total. The molecular weight excluding hydrogens is 367 g/mol. The highest BCUT2D eigenvalue weighted by atomic mass is 31.2. The monoisotopic (exact) mass is 385 g/mol. The summed E-state index contributed by atoms with van der Waals surface area (Å²) in [6.45, 7) is 0. The van der Waals surface area contributed by atoms with E-state index in [4.69, 9.17) is 20.2 Å². The van der Waals surface area contributed by atoms with Crippen LogP contribution in [0.25, 0.3) is 0 Å². The van der Waals surface area contributed by atoms with Crippen LogP contribution in [-0.2, 0) is 0 Å². The van der Waals surface area contributed by atoms with Gasteiger partial charge in [0.15, 0.2) is 8.22 Å². The highest BCUT2D eigenvalue weighted by Gasteiger charge is 2.50. The van der Waals surface area contributed by atoms with Crippen LogP contribution in [0.15, 0.2) is 30.3 Å². The van der Waals surface area contributed by atoms with Gasteiger partial charge in [0.2, 0.25) is 5.53 Å². The maximum absolute atomic E-state index is 10.2. The molecular formula is C10H18N3O7P3. The topological polar surface area (TPSA) is 158 Å². The Labute approximate surface area is 136 Å². The summed E-state index contributed by atoms with van der Waals surface area (Å²) in [5.74, 6) is -2.78. The lowest BCUT2D eigenvalue weighted by Crippen LogP contribution is -2.50. The molecule has 130 valence electrons. The van der Waals surface area contributed by atoms with Crippen LogP contribution < -0.4 is 14.6 Å². The zero-order valence-corrected chi connectivity index (χ0v) is 14.6. The van der Waals surface area contributed by atoms with Crippen LogP contribution in [0.1, 0.15) is 6.42 Å². The summed E-state index contributed by atoms with van der Waals surface area (Å²) >= 11 is 0. The summed E-state index contributed by atoms with van der Waals surface area (Å²) in [7, 11) is -2.19. The van der Waals surface area contributed by atoms with Crippen molar-refractivity contribution in [3.05, 3.63) is 30.3 Å². The van der Waals surface area contributed by atoms with Gasteiger partial charge < -0.3 is 35.5 Å². The number of hydrogen-bond donors (Lipinski definition) is 8. The van der Waals surface area contributed by atoms with E-state index in [0.29, 0.717) is 5.75 Å². The molecule has 0 amide bonds. The van der Waals surface area contributed by atoms with E-state index in [0.717, 1.165) is 0 Å². The number of hydrogen-bond acceptors (Lipinski definition) is 10. The number of nitrogens with one attached hydrogen (secondary N) is 2. The molecule has 1 aliphatic rings. The molecule has 10 nitrogen and oxygen atoms in total. The molecule has 1 fully saturated rings. The summed E-state index contributed by atoms with van der Waals surface area (Å²) in [4.78, 5) is 11.3. The van der Waals surface area contributed by atoms with E-state index in [9.17, 15) is 15.3 Å². The molecule has 13 heteroatoms. The standard InChI is InChI=1S/C10H18N3O7P3/c14-8(6-9(15,16)17)10(18,19)23-12-21-11-22-13(23)20-7-4-2-1-3-5-7/h1-5,8,11-12,14-19,21-22H,6H2. The molecule has 4 atom stereocenters. The average molecular weight is 385 g/mol. The van der Waals surface area contributed by atoms with E-state index >= 15 is 0 Å². The third-order valence-electron chi connectivity index (χ3n) is 2.72. The molecule has 0 saturated carbocycles. The predicted molar refractivity (Wildman–Crippen MR) is 85.9 cm³/mol. The van der Waals surface area contributed by atoms with Crippen molar-refractivity contribution in [2.24, 2.45) is 0 Å². The van der Waals surface area contributed by atoms with Crippen LogP contribution in [0, 0.1) is 0 Å².